The molecule has 4 nitrogen and oxygen atoms in total. The monoisotopic (exact) mass is 355 g/mol. The normalized spacial score (nSPS) is 24.4. The number of ether oxygens (including phenoxy) is 1. The third kappa shape index (κ3) is 3.80. The summed E-state index contributed by atoms with van der Waals surface area (Å²) in [4.78, 5) is 9.20. The van der Waals surface area contributed by atoms with Crippen LogP contribution in [0.4, 0.5) is 4.39 Å². The minimum atomic E-state index is -0.114. The van der Waals surface area contributed by atoms with Crippen molar-refractivity contribution in [2.45, 2.75) is 38.6 Å². The van der Waals surface area contributed by atoms with Gasteiger partial charge in [-0.25, -0.2) is 4.39 Å². The zero-order valence-corrected chi connectivity index (χ0v) is 15.3. The van der Waals surface area contributed by atoms with Crippen LogP contribution in [-0.2, 0) is 17.8 Å². The summed E-state index contributed by atoms with van der Waals surface area (Å²) in [7, 11) is 0. The number of piperidine rings is 1. The van der Waals surface area contributed by atoms with Crippen LogP contribution in [0.3, 0.4) is 0 Å². The van der Waals surface area contributed by atoms with E-state index in [1.54, 1.807) is 0 Å². The molecule has 1 aromatic carbocycles. The second kappa shape index (κ2) is 7.82. The predicted octanol–water partition coefficient (Wildman–Crippen LogP) is 3.00. The molecule has 0 spiro atoms. The van der Waals surface area contributed by atoms with E-state index in [0.29, 0.717) is 12.1 Å². The molecule has 0 aliphatic carbocycles. The van der Waals surface area contributed by atoms with Gasteiger partial charge in [0, 0.05) is 51.2 Å². The number of hydrogen-bond acceptors (Lipinski definition) is 4. The number of halogens is 1. The van der Waals surface area contributed by atoms with Gasteiger partial charge in [-0.3, -0.25) is 14.8 Å². The Morgan fingerprint density at radius 1 is 1.19 bits per heavy atom. The van der Waals surface area contributed by atoms with E-state index < -0.39 is 0 Å². The molecule has 0 N–H and O–H groups in total. The molecular formula is C21H26FN3O. The van der Waals surface area contributed by atoms with Crippen molar-refractivity contribution in [2.24, 2.45) is 0 Å². The second-order valence-corrected chi connectivity index (χ2v) is 7.36. The zero-order valence-electron chi connectivity index (χ0n) is 15.3. The van der Waals surface area contributed by atoms with E-state index >= 15 is 0 Å². The van der Waals surface area contributed by atoms with Crippen molar-refractivity contribution in [1.82, 2.24) is 14.8 Å². The Morgan fingerprint density at radius 3 is 2.96 bits per heavy atom. The number of benzene rings is 1. The molecule has 26 heavy (non-hydrogen) atoms. The van der Waals surface area contributed by atoms with Gasteiger partial charge in [-0.1, -0.05) is 18.2 Å². The molecule has 2 aliphatic heterocycles. The highest BCUT2D eigenvalue weighted by Crippen LogP contribution is 2.26. The van der Waals surface area contributed by atoms with Crippen molar-refractivity contribution in [3.05, 3.63) is 65.2 Å². The molecule has 4 rings (SSSR count). The first-order valence-corrected chi connectivity index (χ1v) is 9.41. The van der Waals surface area contributed by atoms with Gasteiger partial charge in [-0.05, 0) is 42.2 Å². The average Bonchev–Trinajstić information content (AvgIpc) is 2.67. The van der Waals surface area contributed by atoms with E-state index in [1.807, 2.05) is 37.5 Å². The molecule has 2 saturated heterocycles. The van der Waals surface area contributed by atoms with Gasteiger partial charge in [-0.2, -0.15) is 0 Å². The molecule has 2 aliphatic rings. The molecule has 5 heteroatoms. The molecule has 2 aromatic rings. The molecule has 138 valence electrons. The highest BCUT2D eigenvalue weighted by atomic mass is 19.1. The predicted molar refractivity (Wildman–Crippen MR) is 99.2 cm³/mol. The van der Waals surface area contributed by atoms with Gasteiger partial charge in [0.15, 0.2) is 0 Å². The largest absolute Gasteiger partial charge is 0.375 e. The van der Waals surface area contributed by atoms with Crippen LogP contribution in [0.1, 0.15) is 23.1 Å². The van der Waals surface area contributed by atoms with Crippen molar-refractivity contribution in [3.63, 3.8) is 0 Å². The lowest BCUT2D eigenvalue weighted by atomic mass is 9.97. The van der Waals surface area contributed by atoms with Gasteiger partial charge >= 0.3 is 0 Å². The summed E-state index contributed by atoms with van der Waals surface area (Å²) in [6.07, 6.45) is 5.09. The second-order valence-electron chi connectivity index (χ2n) is 7.36. The van der Waals surface area contributed by atoms with Crippen LogP contribution in [0.5, 0.6) is 0 Å². The van der Waals surface area contributed by atoms with Crippen LogP contribution in [0, 0.1) is 12.7 Å². The summed E-state index contributed by atoms with van der Waals surface area (Å²) in [5.41, 5.74) is 3.09. The first-order chi connectivity index (χ1) is 12.7. The topological polar surface area (TPSA) is 28.6 Å². The molecular weight excluding hydrogens is 329 g/mol. The first kappa shape index (κ1) is 17.6. The summed E-state index contributed by atoms with van der Waals surface area (Å²) < 4.78 is 19.9. The van der Waals surface area contributed by atoms with Gasteiger partial charge in [-0.15, -0.1) is 0 Å². The average molecular weight is 355 g/mol. The number of aromatic nitrogens is 1. The van der Waals surface area contributed by atoms with Crippen LogP contribution >= 0.6 is 0 Å². The third-order valence-electron chi connectivity index (χ3n) is 5.67. The van der Waals surface area contributed by atoms with E-state index in [1.165, 1.54) is 11.6 Å². The summed E-state index contributed by atoms with van der Waals surface area (Å²) in [6, 6.07) is 9.89. The maximum absolute atomic E-state index is 13.9. The quantitative estimate of drug-likeness (QED) is 0.843. The van der Waals surface area contributed by atoms with Gasteiger partial charge in [0.1, 0.15) is 5.82 Å². The summed E-state index contributed by atoms with van der Waals surface area (Å²) in [6.45, 7) is 7.28. The Kier molecular flexibility index (Phi) is 5.29. The lowest BCUT2D eigenvalue weighted by Crippen LogP contribution is -2.59. The number of morpholine rings is 1. The number of likely N-dealkylation sites (tertiary alicyclic amines) is 1. The standard InChI is InChI=1S/C21H26FN3O/c1-16-18(5-2-6-19(16)22)14-24-9-7-21-20(15-24)25(10-11-26-21)13-17-4-3-8-23-12-17/h2-6,8,12,20-21H,7,9-11,13-15H2,1H3/t20-,21-/m1/s1. The maximum Gasteiger partial charge on any atom is 0.126 e. The molecule has 0 bridgehead atoms. The van der Waals surface area contributed by atoms with E-state index in [9.17, 15) is 4.39 Å². The van der Waals surface area contributed by atoms with Gasteiger partial charge in [0.25, 0.3) is 0 Å². The smallest absolute Gasteiger partial charge is 0.126 e. The summed E-state index contributed by atoms with van der Waals surface area (Å²) in [5, 5.41) is 0. The first-order valence-electron chi connectivity index (χ1n) is 9.41. The fourth-order valence-corrected chi connectivity index (χ4v) is 4.14. The third-order valence-corrected chi connectivity index (χ3v) is 5.67. The van der Waals surface area contributed by atoms with Gasteiger partial charge in [0.2, 0.25) is 0 Å². The Bertz CT molecular complexity index is 739. The molecule has 2 atom stereocenters. The van der Waals surface area contributed by atoms with Gasteiger partial charge in [0.05, 0.1) is 12.7 Å². The van der Waals surface area contributed by atoms with Crippen LogP contribution in [-0.4, -0.2) is 53.2 Å². The van der Waals surface area contributed by atoms with Crippen LogP contribution in [0.2, 0.25) is 0 Å². The highest BCUT2D eigenvalue weighted by molar-refractivity contribution is 5.27. The Hall–Kier alpha value is -1.82. The number of nitrogens with zero attached hydrogens (tertiary/aromatic N) is 3. The van der Waals surface area contributed by atoms with Crippen LogP contribution < -0.4 is 0 Å². The molecule has 0 unspecified atom stereocenters. The van der Waals surface area contributed by atoms with Crippen molar-refractivity contribution < 1.29 is 9.13 Å². The Morgan fingerprint density at radius 2 is 2.12 bits per heavy atom. The Labute approximate surface area is 154 Å². The van der Waals surface area contributed by atoms with Crippen LogP contribution in [0.15, 0.2) is 42.7 Å². The lowest BCUT2D eigenvalue weighted by Gasteiger charge is -2.47. The molecule has 0 radical (unpaired) electrons. The molecule has 1 aromatic heterocycles. The minimum absolute atomic E-state index is 0.114. The lowest BCUT2D eigenvalue weighted by molar-refractivity contribution is -0.107. The minimum Gasteiger partial charge on any atom is -0.375 e. The van der Waals surface area contributed by atoms with Crippen molar-refractivity contribution in [2.75, 3.05) is 26.2 Å². The SMILES string of the molecule is Cc1c(F)cccc1CN1CC[C@H]2OCCN(Cc3cccnc3)[C@@H]2C1. The summed E-state index contributed by atoms with van der Waals surface area (Å²) in [5.74, 6) is -0.114. The van der Waals surface area contributed by atoms with Gasteiger partial charge < -0.3 is 4.74 Å². The number of fused-ring (bicyclic) bond motifs is 1. The number of pyridine rings is 1. The van der Waals surface area contributed by atoms with E-state index in [2.05, 4.69) is 20.9 Å². The number of hydrogen-bond donors (Lipinski definition) is 0. The molecule has 0 amide bonds. The zero-order chi connectivity index (χ0) is 17.9. The van der Waals surface area contributed by atoms with Crippen molar-refractivity contribution in [3.8, 4) is 0 Å². The highest BCUT2D eigenvalue weighted by Gasteiger charge is 2.37. The molecule has 0 saturated carbocycles. The van der Waals surface area contributed by atoms with Crippen molar-refractivity contribution >= 4 is 0 Å². The van der Waals surface area contributed by atoms with E-state index in [4.69, 9.17) is 4.74 Å². The van der Waals surface area contributed by atoms with Crippen molar-refractivity contribution in [1.29, 1.82) is 0 Å². The Balaban J connectivity index is 1.45. The van der Waals surface area contributed by atoms with E-state index in [0.717, 1.165) is 56.9 Å². The molecule has 2 fully saturated rings. The summed E-state index contributed by atoms with van der Waals surface area (Å²) >= 11 is 0. The maximum atomic E-state index is 13.9. The molecule has 3 heterocycles. The van der Waals surface area contributed by atoms with Crippen LogP contribution in [0.25, 0.3) is 0 Å². The van der Waals surface area contributed by atoms with E-state index in [-0.39, 0.29) is 5.82 Å². The number of rotatable bonds is 4. The fraction of sp³-hybridized carbons (Fsp3) is 0.476. The fourth-order valence-electron chi connectivity index (χ4n) is 4.14.